The van der Waals surface area contributed by atoms with Crippen LogP contribution >= 0.6 is 0 Å². The van der Waals surface area contributed by atoms with Crippen molar-refractivity contribution >= 4 is 22.7 Å². The normalized spacial score (nSPS) is 15.9. The Morgan fingerprint density at radius 1 is 1.20 bits per heavy atom. The smallest absolute Gasteiger partial charge is 0.224 e. The maximum atomic E-state index is 4.55. The van der Waals surface area contributed by atoms with Gasteiger partial charge in [-0.1, -0.05) is 12.1 Å². The second-order valence-corrected chi connectivity index (χ2v) is 4.99. The van der Waals surface area contributed by atoms with E-state index in [-0.39, 0.29) is 0 Å². The summed E-state index contributed by atoms with van der Waals surface area (Å²) < 4.78 is 4.24. The number of hydrogen-bond acceptors (Lipinski definition) is 3. The van der Waals surface area contributed by atoms with Gasteiger partial charge in [0.15, 0.2) is 0 Å². The molecule has 0 amide bonds. The predicted molar refractivity (Wildman–Crippen MR) is 79.9 cm³/mol. The molecule has 4 rings (SSSR count). The SMILES string of the molecule is Cn1c(N/N=C2/CCn3cccc32)nc2ccccc21. The molecular formula is C15H15N5. The number of aromatic nitrogens is 3. The quantitative estimate of drug-likeness (QED) is 0.724. The Hall–Kier alpha value is -2.56. The van der Waals surface area contributed by atoms with Crippen LogP contribution in [0.3, 0.4) is 0 Å². The number of imidazole rings is 1. The second kappa shape index (κ2) is 4.23. The van der Waals surface area contributed by atoms with Crippen molar-refractivity contribution in [1.29, 1.82) is 0 Å². The first kappa shape index (κ1) is 11.3. The van der Waals surface area contributed by atoms with E-state index in [0.717, 1.165) is 35.7 Å². The highest BCUT2D eigenvalue weighted by atomic mass is 15.4. The third-order valence-electron chi connectivity index (χ3n) is 3.79. The van der Waals surface area contributed by atoms with E-state index in [9.17, 15) is 0 Å². The van der Waals surface area contributed by atoms with Crippen LogP contribution in [0.25, 0.3) is 11.0 Å². The Balaban J connectivity index is 1.68. The van der Waals surface area contributed by atoms with E-state index >= 15 is 0 Å². The summed E-state index contributed by atoms with van der Waals surface area (Å²) in [6.45, 7) is 1.01. The highest BCUT2D eigenvalue weighted by Gasteiger charge is 2.16. The molecule has 0 saturated carbocycles. The van der Waals surface area contributed by atoms with Crippen molar-refractivity contribution in [2.45, 2.75) is 13.0 Å². The molecule has 0 unspecified atom stereocenters. The standard InChI is InChI=1S/C15H15N5/c1-19-13-6-3-2-5-11(13)16-15(19)18-17-12-8-10-20-9-4-7-14(12)20/h2-7,9H,8,10H2,1H3,(H,16,18)/b17-12-. The molecule has 0 bridgehead atoms. The van der Waals surface area contributed by atoms with Gasteiger partial charge in [0.1, 0.15) is 0 Å². The molecule has 1 aromatic carbocycles. The van der Waals surface area contributed by atoms with Crippen LogP contribution in [0, 0.1) is 0 Å². The number of para-hydroxylation sites is 2. The number of fused-ring (bicyclic) bond motifs is 2. The number of nitrogens with one attached hydrogen (secondary N) is 1. The van der Waals surface area contributed by atoms with Crippen LogP contribution in [-0.4, -0.2) is 19.8 Å². The lowest BCUT2D eigenvalue weighted by molar-refractivity contribution is 0.771. The van der Waals surface area contributed by atoms with Crippen molar-refractivity contribution in [3.05, 3.63) is 48.3 Å². The number of rotatable bonds is 2. The van der Waals surface area contributed by atoms with Crippen molar-refractivity contribution in [3.63, 3.8) is 0 Å². The Labute approximate surface area is 116 Å². The van der Waals surface area contributed by atoms with E-state index in [4.69, 9.17) is 0 Å². The molecule has 1 aliphatic rings. The lowest BCUT2D eigenvalue weighted by atomic mass is 10.2. The largest absolute Gasteiger partial charge is 0.346 e. The van der Waals surface area contributed by atoms with Gasteiger partial charge < -0.3 is 9.13 Å². The molecule has 3 aromatic rings. The maximum absolute atomic E-state index is 4.55. The van der Waals surface area contributed by atoms with Crippen LogP contribution in [-0.2, 0) is 13.6 Å². The zero-order valence-corrected chi connectivity index (χ0v) is 11.2. The lowest BCUT2D eigenvalue weighted by Gasteiger charge is -2.02. The molecule has 0 radical (unpaired) electrons. The minimum absolute atomic E-state index is 0.767. The Morgan fingerprint density at radius 3 is 3.00 bits per heavy atom. The molecule has 5 nitrogen and oxygen atoms in total. The Kier molecular flexibility index (Phi) is 2.39. The molecule has 0 spiro atoms. The lowest BCUT2D eigenvalue weighted by Crippen LogP contribution is -2.03. The zero-order chi connectivity index (χ0) is 13.5. The van der Waals surface area contributed by atoms with Gasteiger partial charge in [0.05, 0.1) is 22.4 Å². The fourth-order valence-electron chi connectivity index (χ4n) is 2.70. The van der Waals surface area contributed by atoms with Gasteiger partial charge in [0.2, 0.25) is 5.95 Å². The molecule has 2 aromatic heterocycles. The first-order valence-corrected chi connectivity index (χ1v) is 6.72. The van der Waals surface area contributed by atoms with Crippen LogP contribution in [0.1, 0.15) is 12.1 Å². The van der Waals surface area contributed by atoms with E-state index in [2.05, 4.69) is 44.5 Å². The van der Waals surface area contributed by atoms with Crippen molar-refractivity contribution < 1.29 is 0 Å². The van der Waals surface area contributed by atoms with Crippen LogP contribution in [0.4, 0.5) is 5.95 Å². The van der Waals surface area contributed by atoms with E-state index in [1.54, 1.807) is 0 Å². The number of hydrazone groups is 1. The number of hydrogen-bond donors (Lipinski definition) is 1. The summed E-state index contributed by atoms with van der Waals surface area (Å²) in [6.07, 6.45) is 3.06. The molecule has 1 aliphatic heterocycles. The van der Waals surface area contributed by atoms with Crippen molar-refractivity contribution in [3.8, 4) is 0 Å². The van der Waals surface area contributed by atoms with Crippen LogP contribution < -0.4 is 5.43 Å². The zero-order valence-electron chi connectivity index (χ0n) is 11.2. The first-order chi connectivity index (χ1) is 9.83. The third-order valence-corrected chi connectivity index (χ3v) is 3.79. The molecule has 0 fully saturated rings. The van der Waals surface area contributed by atoms with Gasteiger partial charge >= 0.3 is 0 Å². The Bertz CT molecular complexity index is 809. The van der Waals surface area contributed by atoms with Crippen molar-refractivity contribution in [2.75, 3.05) is 5.43 Å². The average molecular weight is 265 g/mol. The molecular weight excluding hydrogens is 250 g/mol. The van der Waals surface area contributed by atoms with Gasteiger partial charge in [-0.25, -0.2) is 10.4 Å². The molecule has 0 saturated heterocycles. The summed E-state index contributed by atoms with van der Waals surface area (Å²) >= 11 is 0. The molecule has 5 heteroatoms. The van der Waals surface area contributed by atoms with E-state index in [1.807, 2.05) is 29.8 Å². The summed E-state index contributed by atoms with van der Waals surface area (Å²) in [5.74, 6) is 0.767. The summed E-state index contributed by atoms with van der Waals surface area (Å²) in [4.78, 5) is 4.55. The molecule has 100 valence electrons. The summed E-state index contributed by atoms with van der Waals surface area (Å²) in [6, 6.07) is 12.2. The van der Waals surface area contributed by atoms with Gasteiger partial charge in [0.25, 0.3) is 0 Å². The fraction of sp³-hybridized carbons (Fsp3) is 0.200. The maximum Gasteiger partial charge on any atom is 0.224 e. The highest BCUT2D eigenvalue weighted by molar-refractivity contribution is 6.01. The van der Waals surface area contributed by atoms with Crippen LogP contribution in [0.15, 0.2) is 47.7 Å². The molecule has 20 heavy (non-hydrogen) atoms. The minimum atomic E-state index is 0.767. The van der Waals surface area contributed by atoms with Gasteiger partial charge in [0, 0.05) is 26.2 Å². The van der Waals surface area contributed by atoms with Crippen LogP contribution in [0.2, 0.25) is 0 Å². The predicted octanol–water partition coefficient (Wildman–Crippen LogP) is 2.59. The van der Waals surface area contributed by atoms with E-state index in [1.165, 1.54) is 5.69 Å². The van der Waals surface area contributed by atoms with Crippen LogP contribution in [0.5, 0.6) is 0 Å². The topological polar surface area (TPSA) is 47.1 Å². The number of aryl methyl sites for hydroxylation is 2. The average Bonchev–Trinajstić information content (AvgIpc) is 3.13. The van der Waals surface area contributed by atoms with Gasteiger partial charge in [-0.05, 0) is 24.3 Å². The highest BCUT2D eigenvalue weighted by Crippen LogP contribution is 2.19. The van der Waals surface area contributed by atoms with Gasteiger partial charge in [-0.2, -0.15) is 5.10 Å². The first-order valence-electron chi connectivity index (χ1n) is 6.72. The fourth-order valence-corrected chi connectivity index (χ4v) is 2.70. The minimum Gasteiger partial charge on any atom is -0.346 e. The summed E-state index contributed by atoms with van der Waals surface area (Å²) in [5.41, 5.74) is 7.46. The monoisotopic (exact) mass is 265 g/mol. The van der Waals surface area contributed by atoms with E-state index < -0.39 is 0 Å². The second-order valence-electron chi connectivity index (χ2n) is 4.99. The summed E-state index contributed by atoms with van der Waals surface area (Å²) in [7, 11) is 2.00. The molecule has 3 heterocycles. The number of anilines is 1. The van der Waals surface area contributed by atoms with Crippen molar-refractivity contribution in [2.24, 2.45) is 12.1 Å². The number of benzene rings is 1. The summed E-state index contributed by atoms with van der Waals surface area (Å²) in [5, 5.41) is 4.53. The number of nitrogens with zero attached hydrogens (tertiary/aromatic N) is 4. The van der Waals surface area contributed by atoms with Gasteiger partial charge in [-0.15, -0.1) is 0 Å². The van der Waals surface area contributed by atoms with Gasteiger partial charge in [-0.3, -0.25) is 0 Å². The van der Waals surface area contributed by atoms with E-state index in [0.29, 0.717) is 0 Å². The molecule has 0 atom stereocenters. The van der Waals surface area contributed by atoms with Crippen molar-refractivity contribution in [1.82, 2.24) is 14.1 Å². The third kappa shape index (κ3) is 1.63. The molecule has 1 N–H and O–H groups in total. The Morgan fingerprint density at radius 2 is 2.10 bits per heavy atom. The molecule has 0 aliphatic carbocycles.